The van der Waals surface area contributed by atoms with E-state index in [1.807, 2.05) is 6.92 Å². The highest BCUT2D eigenvalue weighted by atomic mass is 16.5. The molecule has 5 nitrogen and oxygen atoms in total. The largest absolute Gasteiger partial charge is 0.472 e. The number of rotatable bonds is 3. The first-order valence-corrected chi connectivity index (χ1v) is 6.58. The summed E-state index contributed by atoms with van der Waals surface area (Å²) in [5.74, 6) is -1.16. The average Bonchev–Trinajstić information content (AvgIpc) is 2.88. The van der Waals surface area contributed by atoms with Crippen LogP contribution in [0.2, 0.25) is 0 Å². The number of furan rings is 1. The molecule has 0 aliphatic heterocycles. The summed E-state index contributed by atoms with van der Waals surface area (Å²) in [6.07, 6.45) is 2.71. The molecule has 1 aromatic heterocycles. The predicted octanol–water partition coefficient (Wildman–Crippen LogP) is 1.44. The molecule has 0 spiro atoms. The van der Waals surface area contributed by atoms with Gasteiger partial charge in [0.1, 0.15) is 5.60 Å². The fraction of sp³-hybridized carbons (Fsp3) is 0.643. The Bertz CT molecular complexity index is 427. The second kappa shape index (κ2) is 5.35. The van der Waals surface area contributed by atoms with E-state index in [-0.39, 0.29) is 18.9 Å². The van der Waals surface area contributed by atoms with Crippen LogP contribution in [0, 0.1) is 11.8 Å². The molecular formula is C14H20O5. The molecule has 1 aliphatic carbocycles. The Balaban J connectivity index is 2.33. The third-order valence-corrected chi connectivity index (χ3v) is 3.95. The summed E-state index contributed by atoms with van der Waals surface area (Å²) in [5.41, 5.74) is -0.915. The minimum absolute atomic E-state index is 0.0541. The second-order valence-corrected chi connectivity index (χ2v) is 5.23. The van der Waals surface area contributed by atoms with Crippen molar-refractivity contribution in [2.45, 2.75) is 38.4 Å². The standard InChI is InChI=1S/C14H20O5/c1-3-19-13(16)11-6-9(2)12(15)7-14(11,17)10-4-5-18-8-10/h4-5,8-9,11-12,15,17H,3,6-7H2,1-2H3/t9-,11-,12+,14+/m0/s1. The zero-order chi connectivity index (χ0) is 14.0. The minimum atomic E-state index is -1.43. The first kappa shape index (κ1) is 14.1. The summed E-state index contributed by atoms with van der Waals surface area (Å²) in [5, 5.41) is 20.9. The van der Waals surface area contributed by atoms with Gasteiger partial charge in [-0.15, -0.1) is 0 Å². The van der Waals surface area contributed by atoms with Gasteiger partial charge in [0.25, 0.3) is 0 Å². The van der Waals surface area contributed by atoms with E-state index in [4.69, 9.17) is 9.15 Å². The number of carbonyl (C=O) groups is 1. The van der Waals surface area contributed by atoms with Crippen molar-refractivity contribution in [2.24, 2.45) is 11.8 Å². The molecule has 1 fully saturated rings. The van der Waals surface area contributed by atoms with Crippen LogP contribution in [0.3, 0.4) is 0 Å². The Hall–Kier alpha value is -1.33. The maximum atomic E-state index is 12.1. The molecule has 4 atom stereocenters. The lowest BCUT2D eigenvalue weighted by atomic mass is 9.67. The van der Waals surface area contributed by atoms with Gasteiger partial charge in [-0.25, -0.2) is 0 Å². The molecule has 2 rings (SSSR count). The number of aliphatic hydroxyl groups excluding tert-OH is 1. The molecule has 19 heavy (non-hydrogen) atoms. The summed E-state index contributed by atoms with van der Waals surface area (Å²) in [6, 6.07) is 1.62. The first-order valence-electron chi connectivity index (χ1n) is 6.58. The number of hydrogen-bond donors (Lipinski definition) is 2. The SMILES string of the molecule is CCOC(=O)[C@@H]1C[C@H](C)[C@H](O)C[C@@]1(O)c1ccoc1. The first-order chi connectivity index (χ1) is 8.99. The third kappa shape index (κ3) is 2.53. The van der Waals surface area contributed by atoms with Crippen LogP contribution >= 0.6 is 0 Å². The van der Waals surface area contributed by atoms with Crippen LogP contribution in [-0.2, 0) is 15.1 Å². The highest BCUT2D eigenvalue weighted by molar-refractivity contribution is 5.74. The highest BCUT2D eigenvalue weighted by Crippen LogP contribution is 2.44. The molecule has 0 unspecified atom stereocenters. The molecule has 1 aliphatic rings. The van der Waals surface area contributed by atoms with Crippen LogP contribution in [0.1, 0.15) is 32.3 Å². The number of hydrogen-bond acceptors (Lipinski definition) is 5. The van der Waals surface area contributed by atoms with E-state index in [2.05, 4.69) is 0 Å². The highest BCUT2D eigenvalue weighted by Gasteiger charge is 2.50. The van der Waals surface area contributed by atoms with Crippen LogP contribution in [0.4, 0.5) is 0 Å². The van der Waals surface area contributed by atoms with E-state index in [1.165, 1.54) is 12.5 Å². The van der Waals surface area contributed by atoms with E-state index < -0.39 is 23.6 Å². The normalized spacial score (nSPS) is 35.1. The van der Waals surface area contributed by atoms with Crippen molar-refractivity contribution in [3.8, 4) is 0 Å². The van der Waals surface area contributed by atoms with Crippen molar-refractivity contribution in [3.05, 3.63) is 24.2 Å². The van der Waals surface area contributed by atoms with Crippen LogP contribution < -0.4 is 0 Å². The maximum Gasteiger partial charge on any atom is 0.312 e. The van der Waals surface area contributed by atoms with Crippen molar-refractivity contribution >= 4 is 5.97 Å². The molecule has 1 aromatic rings. The Morgan fingerprint density at radius 2 is 2.37 bits per heavy atom. The van der Waals surface area contributed by atoms with Crippen molar-refractivity contribution in [3.63, 3.8) is 0 Å². The molecular weight excluding hydrogens is 248 g/mol. The van der Waals surface area contributed by atoms with Crippen molar-refractivity contribution in [1.29, 1.82) is 0 Å². The van der Waals surface area contributed by atoms with Gasteiger partial charge in [0.05, 0.1) is 31.2 Å². The zero-order valence-corrected chi connectivity index (χ0v) is 11.2. The van der Waals surface area contributed by atoms with Crippen LogP contribution in [-0.4, -0.2) is 28.9 Å². The van der Waals surface area contributed by atoms with Gasteiger partial charge in [0.2, 0.25) is 0 Å². The van der Waals surface area contributed by atoms with E-state index in [0.717, 1.165) is 0 Å². The minimum Gasteiger partial charge on any atom is -0.472 e. The van der Waals surface area contributed by atoms with E-state index in [9.17, 15) is 15.0 Å². The Kier molecular flexibility index (Phi) is 3.96. The molecule has 1 saturated carbocycles. The van der Waals surface area contributed by atoms with Gasteiger partial charge in [0, 0.05) is 12.0 Å². The van der Waals surface area contributed by atoms with Crippen LogP contribution in [0.15, 0.2) is 23.0 Å². The fourth-order valence-corrected chi connectivity index (χ4v) is 2.75. The summed E-state index contributed by atoms with van der Waals surface area (Å²) >= 11 is 0. The third-order valence-electron chi connectivity index (χ3n) is 3.95. The Morgan fingerprint density at radius 3 is 2.95 bits per heavy atom. The van der Waals surface area contributed by atoms with Gasteiger partial charge < -0.3 is 19.4 Å². The van der Waals surface area contributed by atoms with Gasteiger partial charge in [-0.3, -0.25) is 4.79 Å². The molecule has 1 heterocycles. The molecule has 0 saturated heterocycles. The summed E-state index contributed by atoms with van der Waals surface area (Å²) < 4.78 is 10.0. The molecule has 106 valence electrons. The van der Waals surface area contributed by atoms with E-state index >= 15 is 0 Å². The fourth-order valence-electron chi connectivity index (χ4n) is 2.75. The lowest BCUT2D eigenvalue weighted by Crippen LogP contribution is -2.49. The van der Waals surface area contributed by atoms with Gasteiger partial charge >= 0.3 is 5.97 Å². The lowest BCUT2D eigenvalue weighted by Gasteiger charge is -2.42. The topological polar surface area (TPSA) is 79.9 Å². The summed E-state index contributed by atoms with van der Waals surface area (Å²) in [6.45, 7) is 3.87. The van der Waals surface area contributed by atoms with E-state index in [1.54, 1.807) is 13.0 Å². The van der Waals surface area contributed by atoms with Gasteiger partial charge in [-0.05, 0) is 25.3 Å². The lowest BCUT2D eigenvalue weighted by molar-refractivity contribution is -0.172. The maximum absolute atomic E-state index is 12.1. The quantitative estimate of drug-likeness (QED) is 0.811. The van der Waals surface area contributed by atoms with Crippen LogP contribution in [0.5, 0.6) is 0 Å². The van der Waals surface area contributed by atoms with Gasteiger partial charge in [-0.1, -0.05) is 6.92 Å². The Morgan fingerprint density at radius 1 is 1.63 bits per heavy atom. The van der Waals surface area contributed by atoms with Crippen molar-refractivity contribution in [1.82, 2.24) is 0 Å². The Labute approximate surface area is 112 Å². The predicted molar refractivity (Wildman–Crippen MR) is 67.1 cm³/mol. The smallest absolute Gasteiger partial charge is 0.312 e. The second-order valence-electron chi connectivity index (χ2n) is 5.23. The molecule has 0 aromatic carbocycles. The average molecular weight is 268 g/mol. The number of aliphatic hydroxyl groups is 2. The number of esters is 1. The van der Waals surface area contributed by atoms with Gasteiger partial charge in [0.15, 0.2) is 0 Å². The van der Waals surface area contributed by atoms with Crippen LogP contribution in [0.25, 0.3) is 0 Å². The summed E-state index contributed by atoms with van der Waals surface area (Å²) in [4.78, 5) is 12.1. The molecule has 5 heteroatoms. The molecule has 0 bridgehead atoms. The van der Waals surface area contributed by atoms with Crippen molar-refractivity contribution < 1.29 is 24.2 Å². The zero-order valence-electron chi connectivity index (χ0n) is 11.2. The molecule has 2 N–H and O–H groups in total. The summed E-state index contributed by atoms with van der Waals surface area (Å²) in [7, 11) is 0. The molecule has 0 amide bonds. The number of ether oxygens (including phenoxy) is 1. The monoisotopic (exact) mass is 268 g/mol. The van der Waals surface area contributed by atoms with Gasteiger partial charge in [-0.2, -0.15) is 0 Å². The van der Waals surface area contributed by atoms with E-state index in [0.29, 0.717) is 12.0 Å². The molecule has 0 radical (unpaired) electrons. The van der Waals surface area contributed by atoms with Crippen molar-refractivity contribution in [2.75, 3.05) is 6.61 Å². The number of carbonyl (C=O) groups excluding carboxylic acids is 1.